The molecule has 0 aliphatic heterocycles. The molecule has 1 aromatic heterocycles. The van der Waals surface area contributed by atoms with E-state index < -0.39 is 8.80 Å². The fraction of sp³-hybridized carbons (Fsp3) is 0.216. The maximum absolute atomic E-state index is 4.39. The second kappa shape index (κ2) is 14.1. The summed E-state index contributed by atoms with van der Waals surface area (Å²) in [7, 11) is -1.26. The van der Waals surface area contributed by atoms with Crippen molar-refractivity contribution in [2.75, 3.05) is 0 Å². The number of benzene rings is 4. The van der Waals surface area contributed by atoms with Gasteiger partial charge in [-0.2, -0.15) is 0 Å². The molecule has 1 atom stereocenters. The van der Waals surface area contributed by atoms with Crippen molar-refractivity contribution >= 4 is 26.4 Å². The van der Waals surface area contributed by atoms with Crippen molar-refractivity contribution < 1.29 is 0 Å². The van der Waals surface area contributed by atoms with Crippen molar-refractivity contribution in [1.29, 1.82) is 0 Å². The highest BCUT2D eigenvalue weighted by molar-refractivity contribution is 6.86. The van der Waals surface area contributed by atoms with Crippen molar-refractivity contribution in [2.45, 2.75) is 49.8 Å². The lowest BCUT2D eigenvalue weighted by Crippen LogP contribution is -2.48. The molecule has 0 radical (unpaired) electrons. The van der Waals surface area contributed by atoms with Crippen LogP contribution in [-0.2, 0) is 5.16 Å². The number of aromatic nitrogens is 2. The van der Waals surface area contributed by atoms with Gasteiger partial charge in [0.05, 0.1) is 20.3 Å². The Bertz CT molecular complexity index is 1370. The molecule has 1 unspecified atom stereocenters. The average Bonchev–Trinajstić information content (AvgIpc) is 3.72. The Balaban J connectivity index is 0.000000181. The van der Waals surface area contributed by atoms with E-state index in [2.05, 4.69) is 163 Å². The Labute approximate surface area is 248 Å². The van der Waals surface area contributed by atoms with Gasteiger partial charge in [0.2, 0.25) is 6.71 Å². The Hall–Kier alpha value is -3.89. The first kappa shape index (κ1) is 28.6. The first-order chi connectivity index (χ1) is 20.2. The number of imidazole rings is 1. The highest BCUT2D eigenvalue weighted by Gasteiger charge is 2.41. The molecule has 4 heteroatoms. The number of rotatable bonds is 10. The molecule has 4 aromatic carbocycles. The number of nitrogens with zero attached hydrogens (tertiary/aromatic N) is 2. The lowest BCUT2D eigenvalue weighted by atomic mass is 9.37. The van der Waals surface area contributed by atoms with Crippen molar-refractivity contribution in [3.05, 3.63) is 163 Å². The van der Waals surface area contributed by atoms with E-state index in [0.29, 0.717) is 6.71 Å². The standard InChI is InChI=1S/C22H26N2Si.C15H15B/c1-3-4-11-18-25(2)22(24-17-16-23-19-24,20-12-7-5-8-13-20)21-14-9-6-10-15-21;1-3-7-13(8-4-1)16(15-11-12-15)14-9-5-2-6-10-14/h3-10,12-17,19,25H,11,18H2,1-2H3;1-10,15H,11-12H2. The van der Waals surface area contributed by atoms with E-state index in [9.17, 15) is 0 Å². The van der Waals surface area contributed by atoms with Crippen LogP contribution in [0.5, 0.6) is 0 Å². The minimum Gasteiger partial charge on any atom is -0.326 e. The Morgan fingerprint density at radius 2 is 1.27 bits per heavy atom. The molecule has 206 valence electrons. The van der Waals surface area contributed by atoms with Gasteiger partial charge in [0.15, 0.2) is 0 Å². The van der Waals surface area contributed by atoms with Crippen LogP contribution < -0.4 is 10.9 Å². The topological polar surface area (TPSA) is 17.8 Å². The van der Waals surface area contributed by atoms with E-state index >= 15 is 0 Å². The summed E-state index contributed by atoms with van der Waals surface area (Å²) in [5.74, 6) is 0.866. The van der Waals surface area contributed by atoms with Gasteiger partial charge in [-0.25, -0.2) is 4.98 Å². The van der Waals surface area contributed by atoms with E-state index in [1.807, 2.05) is 12.5 Å². The number of hydrogen-bond donors (Lipinski definition) is 0. The van der Waals surface area contributed by atoms with Crippen LogP contribution in [-0.4, -0.2) is 25.1 Å². The second-order valence-corrected chi connectivity index (χ2v) is 14.4. The summed E-state index contributed by atoms with van der Waals surface area (Å²) in [4.78, 5) is 4.39. The van der Waals surface area contributed by atoms with E-state index in [4.69, 9.17) is 0 Å². The molecule has 0 N–H and O–H groups in total. The van der Waals surface area contributed by atoms with Gasteiger partial charge in [0, 0.05) is 12.4 Å². The van der Waals surface area contributed by atoms with Crippen LogP contribution in [0.1, 0.15) is 37.3 Å². The first-order valence-corrected chi connectivity index (χ1v) is 17.6. The summed E-state index contributed by atoms with van der Waals surface area (Å²) >= 11 is 0. The molecule has 6 rings (SSSR count). The van der Waals surface area contributed by atoms with Crippen LogP contribution in [0, 0.1) is 0 Å². The molecule has 1 heterocycles. The maximum Gasteiger partial charge on any atom is 0.212 e. The normalized spacial score (nSPS) is 13.8. The minimum absolute atomic E-state index is 0.124. The van der Waals surface area contributed by atoms with Crippen LogP contribution in [0.2, 0.25) is 18.4 Å². The van der Waals surface area contributed by atoms with Gasteiger partial charge in [-0.3, -0.25) is 0 Å². The van der Waals surface area contributed by atoms with Crippen LogP contribution >= 0.6 is 0 Å². The van der Waals surface area contributed by atoms with Gasteiger partial charge >= 0.3 is 0 Å². The number of allylic oxidation sites excluding steroid dienone is 2. The van der Waals surface area contributed by atoms with Crippen molar-refractivity contribution in [3.8, 4) is 0 Å². The number of hydrogen-bond acceptors (Lipinski definition) is 1. The van der Waals surface area contributed by atoms with E-state index in [1.54, 1.807) is 0 Å². The fourth-order valence-electron chi connectivity index (χ4n) is 6.35. The third-order valence-corrected chi connectivity index (χ3v) is 12.1. The molecular formula is C37H41BN2Si. The second-order valence-electron chi connectivity index (χ2n) is 11.2. The molecule has 0 bridgehead atoms. The zero-order valence-corrected chi connectivity index (χ0v) is 25.5. The largest absolute Gasteiger partial charge is 0.326 e. The summed E-state index contributed by atoms with van der Waals surface area (Å²) in [5.41, 5.74) is 5.66. The minimum atomic E-state index is -1.26. The lowest BCUT2D eigenvalue weighted by Gasteiger charge is -2.41. The van der Waals surface area contributed by atoms with Crippen LogP contribution in [0.15, 0.2) is 152 Å². The molecule has 2 nitrogen and oxygen atoms in total. The zero-order chi connectivity index (χ0) is 28.3. The molecule has 1 saturated carbocycles. The van der Waals surface area contributed by atoms with Crippen molar-refractivity contribution in [2.24, 2.45) is 0 Å². The molecule has 0 saturated heterocycles. The summed E-state index contributed by atoms with van der Waals surface area (Å²) in [6.45, 7) is 5.20. The third kappa shape index (κ3) is 6.71. The van der Waals surface area contributed by atoms with Gasteiger partial charge < -0.3 is 4.57 Å². The first-order valence-electron chi connectivity index (χ1n) is 15.1. The van der Waals surface area contributed by atoms with E-state index in [1.165, 1.54) is 40.9 Å². The third-order valence-electron chi connectivity index (χ3n) is 8.47. The highest BCUT2D eigenvalue weighted by atomic mass is 28.3. The SMILES string of the molecule is CC=CCC[SiH](C)C(c1ccccc1)(c1ccccc1)n1ccnc1.c1ccc(B(c2ccccc2)C2CC2)cc1. The smallest absolute Gasteiger partial charge is 0.212 e. The molecule has 41 heavy (non-hydrogen) atoms. The van der Waals surface area contributed by atoms with Gasteiger partial charge in [0.1, 0.15) is 0 Å². The molecule has 1 fully saturated rings. The molecular weight excluding hydrogens is 511 g/mol. The molecule has 0 amide bonds. The summed E-state index contributed by atoms with van der Waals surface area (Å²) in [6.07, 6.45) is 14.4. The quantitative estimate of drug-likeness (QED) is 0.130. The lowest BCUT2D eigenvalue weighted by molar-refractivity contribution is 0.580. The predicted molar refractivity (Wildman–Crippen MR) is 179 cm³/mol. The fourth-order valence-corrected chi connectivity index (χ4v) is 9.64. The molecule has 0 spiro atoms. The predicted octanol–water partition coefficient (Wildman–Crippen LogP) is 7.50. The summed E-state index contributed by atoms with van der Waals surface area (Å²) < 4.78 is 2.34. The monoisotopic (exact) mass is 552 g/mol. The molecule has 5 aromatic rings. The zero-order valence-electron chi connectivity index (χ0n) is 24.4. The van der Waals surface area contributed by atoms with Crippen LogP contribution in [0.3, 0.4) is 0 Å². The van der Waals surface area contributed by atoms with Gasteiger partial charge in [-0.15, -0.1) is 0 Å². The molecule has 1 aliphatic carbocycles. The molecule has 1 aliphatic rings. The van der Waals surface area contributed by atoms with Gasteiger partial charge in [0.25, 0.3) is 0 Å². The highest BCUT2D eigenvalue weighted by Crippen LogP contribution is 2.39. The Kier molecular flexibility index (Phi) is 9.88. The van der Waals surface area contributed by atoms with E-state index in [-0.39, 0.29) is 5.16 Å². The average molecular weight is 553 g/mol. The van der Waals surface area contributed by atoms with Gasteiger partial charge in [-0.1, -0.05) is 176 Å². The summed E-state index contributed by atoms with van der Waals surface area (Å²) in [5, 5.41) is -0.124. The van der Waals surface area contributed by atoms with Gasteiger partial charge in [-0.05, 0) is 24.5 Å². The van der Waals surface area contributed by atoms with E-state index in [0.717, 1.165) is 12.2 Å². The summed E-state index contributed by atoms with van der Waals surface area (Å²) in [6, 6.07) is 44.9. The maximum atomic E-state index is 4.39. The Morgan fingerprint density at radius 3 is 1.68 bits per heavy atom. The van der Waals surface area contributed by atoms with Crippen molar-refractivity contribution in [3.63, 3.8) is 0 Å². The Morgan fingerprint density at radius 1 is 0.780 bits per heavy atom. The van der Waals surface area contributed by atoms with Crippen molar-refractivity contribution in [1.82, 2.24) is 9.55 Å². The van der Waals surface area contributed by atoms with Crippen LogP contribution in [0.4, 0.5) is 0 Å². The van der Waals surface area contributed by atoms with Crippen LogP contribution in [0.25, 0.3) is 0 Å².